The fourth-order valence-electron chi connectivity index (χ4n) is 4.79. The molecular formula is C27H28FN7. The largest absolute Gasteiger partial charge is 0.353 e. The van der Waals surface area contributed by atoms with E-state index in [9.17, 15) is 4.39 Å². The van der Waals surface area contributed by atoms with Gasteiger partial charge in [0.15, 0.2) is 5.82 Å². The van der Waals surface area contributed by atoms with Crippen molar-refractivity contribution in [3.05, 3.63) is 66.4 Å². The second kappa shape index (κ2) is 8.53. The van der Waals surface area contributed by atoms with Crippen LogP contribution in [0.4, 0.5) is 21.7 Å². The molecule has 0 atom stereocenters. The Kier molecular flexibility index (Phi) is 5.33. The van der Waals surface area contributed by atoms with E-state index in [4.69, 9.17) is 9.97 Å². The SMILES string of the molecule is CC1(C)CN(c2nc(-c3ccnc(Nc4ccc(F)cc4)c3)nc3cncc(C4CC4)c23)CCN1. The predicted octanol–water partition coefficient (Wildman–Crippen LogP) is 5.04. The van der Waals surface area contributed by atoms with Crippen molar-refractivity contribution in [3.8, 4) is 11.4 Å². The summed E-state index contributed by atoms with van der Waals surface area (Å²) in [5.41, 5.74) is 3.74. The Morgan fingerprint density at radius 3 is 2.69 bits per heavy atom. The van der Waals surface area contributed by atoms with Crippen molar-refractivity contribution in [1.82, 2.24) is 25.3 Å². The van der Waals surface area contributed by atoms with Gasteiger partial charge in [-0.3, -0.25) is 4.98 Å². The lowest BCUT2D eigenvalue weighted by Crippen LogP contribution is -2.57. The lowest BCUT2D eigenvalue weighted by molar-refractivity contribution is 0.352. The molecule has 0 amide bonds. The van der Waals surface area contributed by atoms with Gasteiger partial charge >= 0.3 is 0 Å². The Balaban J connectivity index is 1.44. The van der Waals surface area contributed by atoms with Gasteiger partial charge in [-0.1, -0.05) is 0 Å². The number of halogens is 1. The van der Waals surface area contributed by atoms with Crippen LogP contribution in [0.2, 0.25) is 0 Å². The van der Waals surface area contributed by atoms with Crippen molar-refractivity contribution in [2.75, 3.05) is 29.9 Å². The van der Waals surface area contributed by atoms with Crippen LogP contribution in [0.3, 0.4) is 0 Å². The maximum atomic E-state index is 13.3. The van der Waals surface area contributed by atoms with Gasteiger partial charge in [-0.15, -0.1) is 0 Å². The minimum atomic E-state index is -0.274. The first-order chi connectivity index (χ1) is 16.9. The number of nitrogens with zero attached hydrogens (tertiary/aromatic N) is 5. The van der Waals surface area contributed by atoms with Crippen LogP contribution < -0.4 is 15.5 Å². The van der Waals surface area contributed by atoms with E-state index in [-0.39, 0.29) is 11.4 Å². The zero-order chi connectivity index (χ0) is 24.0. The summed E-state index contributed by atoms with van der Waals surface area (Å²) in [6.07, 6.45) is 7.97. The zero-order valence-electron chi connectivity index (χ0n) is 19.9. The highest BCUT2D eigenvalue weighted by Gasteiger charge is 2.32. The summed E-state index contributed by atoms with van der Waals surface area (Å²) in [6, 6.07) is 10.1. The molecule has 1 aromatic carbocycles. The first-order valence-electron chi connectivity index (χ1n) is 12.1. The molecule has 1 aliphatic heterocycles. The molecule has 8 heteroatoms. The number of hydrogen-bond acceptors (Lipinski definition) is 7. The number of anilines is 3. The third kappa shape index (κ3) is 4.53. The van der Waals surface area contributed by atoms with Crippen molar-refractivity contribution in [3.63, 3.8) is 0 Å². The maximum absolute atomic E-state index is 13.3. The molecule has 3 aromatic heterocycles. The molecule has 7 nitrogen and oxygen atoms in total. The Morgan fingerprint density at radius 1 is 1.09 bits per heavy atom. The normalized spacial score (nSPS) is 17.5. The van der Waals surface area contributed by atoms with Crippen LogP contribution in [-0.2, 0) is 0 Å². The van der Waals surface area contributed by atoms with Crippen LogP contribution in [-0.4, -0.2) is 45.1 Å². The first-order valence-corrected chi connectivity index (χ1v) is 12.1. The number of pyridine rings is 2. The average Bonchev–Trinajstić information content (AvgIpc) is 3.69. The number of rotatable bonds is 5. The van der Waals surface area contributed by atoms with Crippen LogP contribution in [0.25, 0.3) is 22.3 Å². The molecule has 0 radical (unpaired) electrons. The van der Waals surface area contributed by atoms with Crippen LogP contribution in [0, 0.1) is 5.82 Å². The van der Waals surface area contributed by atoms with Crippen molar-refractivity contribution in [1.29, 1.82) is 0 Å². The van der Waals surface area contributed by atoms with Crippen LogP contribution >= 0.6 is 0 Å². The summed E-state index contributed by atoms with van der Waals surface area (Å²) in [4.78, 5) is 21.4. The quantitative estimate of drug-likeness (QED) is 0.424. The lowest BCUT2D eigenvalue weighted by Gasteiger charge is -2.40. The zero-order valence-corrected chi connectivity index (χ0v) is 19.9. The number of nitrogens with one attached hydrogen (secondary N) is 2. The molecule has 0 bridgehead atoms. The van der Waals surface area contributed by atoms with Crippen molar-refractivity contribution in [2.24, 2.45) is 0 Å². The van der Waals surface area contributed by atoms with E-state index in [1.54, 1.807) is 18.3 Å². The molecule has 2 N–H and O–H groups in total. The van der Waals surface area contributed by atoms with Crippen molar-refractivity contribution in [2.45, 2.75) is 38.1 Å². The standard InChI is InChI=1S/C27H28FN7/c1-27(2)16-35(12-11-31-27)26-24-21(17-3-4-17)14-29-15-22(24)33-25(34-26)18-9-10-30-23(13-18)32-20-7-5-19(28)6-8-20/h5-10,13-15,17,31H,3-4,11-12,16H2,1-2H3,(H,30,32). The number of aromatic nitrogens is 4. The van der Waals surface area contributed by atoms with Gasteiger partial charge < -0.3 is 15.5 Å². The molecule has 1 aliphatic carbocycles. The Bertz CT molecular complexity index is 1380. The summed E-state index contributed by atoms with van der Waals surface area (Å²) >= 11 is 0. The van der Waals surface area contributed by atoms with Gasteiger partial charge in [-0.25, -0.2) is 19.3 Å². The van der Waals surface area contributed by atoms with E-state index in [1.165, 1.54) is 30.5 Å². The highest BCUT2D eigenvalue weighted by atomic mass is 19.1. The van der Waals surface area contributed by atoms with Crippen LogP contribution in [0.1, 0.15) is 38.2 Å². The Hall–Kier alpha value is -3.65. The number of hydrogen-bond donors (Lipinski definition) is 2. The van der Waals surface area contributed by atoms with Gasteiger partial charge in [0.2, 0.25) is 0 Å². The van der Waals surface area contributed by atoms with Crippen molar-refractivity contribution >= 4 is 28.2 Å². The molecule has 2 aliphatic rings. The number of piperazine rings is 1. The van der Waals surface area contributed by atoms with E-state index in [0.717, 1.165) is 47.6 Å². The fourth-order valence-corrected chi connectivity index (χ4v) is 4.79. The smallest absolute Gasteiger partial charge is 0.162 e. The summed E-state index contributed by atoms with van der Waals surface area (Å²) in [7, 11) is 0. The van der Waals surface area contributed by atoms with E-state index in [2.05, 4.69) is 39.3 Å². The highest BCUT2D eigenvalue weighted by Crippen LogP contribution is 2.45. The second-order valence-electron chi connectivity index (χ2n) is 10.1. The third-order valence-corrected chi connectivity index (χ3v) is 6.64. The molecule has 178 valence electrons. The fraction of sp³-hybridized carbons (Fsp3) is 0.333. The van der Waals surface area contributed by atoms with Crippen LogP contribution in [0.5, 0.6) is 0 Å². The molecule has 0 spiro atoms. The molecule has 2 fully saturated rings. The molecule has 1 saturated carbocycles. The third-order valence-electron chi connectivity index (χ3n) is 6.64. The van der Waals surface area contributed by atoms with Gasteiger partial charge in [0, 0.05) is 54.2 Å². The molecule has 4 heterocycles. The van der Waals surface area contributed by atoms with E-state index < -0.39 is 0 Å². The molecule has 1 saturated heterocycles. The molecule has 6 rings (SSSR count). The van der Waals surface area contributed by atoms with Gasteiger partial charge in [-0.2, -0.15) is 0 Å². The Morgan fingerprint density at radius 2 is 1.91 bits per heavy atom. The van der Waals surface area contributed by atoms with Gasteiger partial charge in [0.05, 0.1) is 11.7 Å². The van der Waals surface area contributed by atoms with Crippen LogP contribution in [0.15, 0.2) is 55.0 Å². The number of benzene rings is 1. The maximum Gasteiger partial charge on any atom is 0.162 e. The highest BCUT2D eigenvalue weighted by molar-refractivity contribution is 5.94. The van der Waals surface area contributed by atoms with E-state index in [0.29, 0.717) is 17.6 Å². The minimum absolute atomic E-state index is 0.00856. The Labute approximate surface area is 203 Å². The molecule has 35 heavy (non-hydrogen) atoms. The summed E-state index contributed by atoms with van der Waals surface area (Å²) in [6.45, 7) is 7.10. The predicted molar refractivity (Wildman–Crippen MR) is 137 cm³/mol. The second-order valence-corrected chi connectivity index (χ2v) is 10.1. The minimum Gasteiger partial charge on any atom is -0.353 e. The van der Waals surface area contributed by atoms with Gasteiger partial charge in [-0.05, 0) is 74.6 Å². The average molecular weight is 470 g/mol. The first kappa shape index (κ1) is 21.9. The summed E-state index contributed by atoms with van der Waals surface area (Å²) in [5.74, 6) is 2.54. The van der Waals surface area contributed by atoms with E-state index in [1.807, 2.05) is 24.5 Å². The van der Waals surface area contributed by atoms with Gasteiger partial charge in [0.1, 0.15) is 17.5 Å². The summed E-state index contributed by atoms with van der Waals surface area (Å²) < 4.78 is 13.3. The lowest BCUT2D eigenvalue weighted by atomic mass is 10.0. The number of fused-ring (bicyclic) bond motifs is 1. The molecule has 4 aromatic rings. The summed E-state index contributed by atoms with van der Waals surface area (Å²) in [5, 5.41) is 7.96. The topological polar surface area (TPSA) is 78.9 Å². The molecule has 0 unspecified atom stereocenters. The van der Waals surface area contributed by atoms with E-state index >= 15 is 0 Å². The molecular weight excluding hydrogens is 441 g/mol. The van der Waals surface area contributed by atoms with Gasteiger partial charge in [0.25, 0.3) is 0 Å². The van der Waals surface area contributed by atoms with Crippen molar-refractivity contribution < 1.29 is 4.39 Å². The monoisotopic (exact) mass is 469 g/mol.